The smallest absolute Gasteiger partial charge is 0.0976 e. The van der Waals surface area contributed by atoms with Crippen LogP contribution >= 0.6 is 0 Å². The van der Waals surface area contributed by atoms with Crippen molar-refractivity contribution in [1.29, 1.82) is 0 Å². The topological polar surface area (TPSA) is 45.5 Å². The van der Waals surface area contributed by atoms with E-state index in [1.54, 1.807) is 0 Å². The summed E-state index contributed by atoms with van der Waals surface area (Å²) >= 11 is 0. The maximum atomic E-state index is 5.63. The third-order valence-corrected chi connectivity index (χ3v) is 15.7. The Bertz CT molecular complexity index is 4890. The van der Waals surface area contributed by atoms with Crippen LogP contribution in [0.2, 0.25) is 0 Å². The van der Waals surface area contributed by atoms with Gasteiger partial charge in [-0.15, -0.1) is 0 Å². The van der Waals surface area contributed by atoms with Crippen LogP contribution in [0.5, 0.6) is 0 Å². The number of aromatic nitrogens is 6. The second-order valence-electron chi connectivity index (χ2n) is 20.5. The molecule has 15 rings (SSSR count). The second kappa shape index (κ2) is 16.2. The van der Waals surface area contributed by atoms with Crippen LogP contribution in [0.15, 0.2) is 213 Å². The largest absolute Gasteiger partial charge is 0.306 e. The van der Waals surface area contributed by atoms with Crippen molar-refractivity contribution in [3.63, 3.8) is 0 Å². The number of nitrogens with zero attached hydrogens (tertiary/aromatic N) is 6. The summed E-state index contributed by atoms with van der Waals surface area (Å²) in [5.41, 5.74) is 22.6. The Balaban J connectivity index is 1.36. The van der Waals surface area contributed by atoms with E-state index in [2.05, 4.69) is 259 Å². The van der Waals surface area contributed by atoms with E-state index < -0.39 is 0 Å². The van der Waals surface area contributed by atoms with Crippen molar-refractivity contribution >= 4 is 87.2 Å². The highest BCUT2D eigenvalue weighted by molar-refractivity contribution is 6.18. The molecule has 6 heteroatoms. The summed E-state index contributed by atoms with van der Waals surface area (Å²) < 4.78 is 10.3. The third kappa shape index (κ3) is 6.26. The molecule has 0 aliphatic rings. The maximum Gasteiger partial charge on any atom is 0.0976 e. The molecule has 0 aliphatic carbocycles. The number of rotatable bonds is 6. The van der Waals surface area contributed by atoms with Crippen LogP contribution in [0, 0.1) is 34.6 Å². The van der Waals surface area contributed by atoms with Crippen LogP contribution in [0.25, 0.3) is 132 Å². The predicted octanol–water partition coefficient (Wildman–Crippen LogP) is 17.7. The van der Waals surface area contributed by atoms with E-state index in [9.17, 15) is 0 Å². The first-order valence-corrected chi connectivity index (χ1v) is 25.9. The highest BCUT2D eigenvalue weighted by Crippen LogP contribution is 2.54. The van der Waals surface area contributed by atoms with E-state index in [-0.39, 0.29) is 0 Å². The summed E-state index contributed by atoms with van der Waals surface area (Å²) in [6.45, 7) is 10.9. The average Bonchev–Trinajstić information content (AvgIpc) is 4.27. The summed E-state index contributed by atoms with van der Waals surface area (Å²) in [5, 5.41) is 9.51. The molecular weight excluding hydrogens is 913 g/mol. The first-order valence-electron chi connectivity index (χ1n) is 25.9. The normalized spacial score (nSPS) is 12.1. The van der Waals surface area contributed by atoms with Crippen LogP contribution in [-0.2, 0) is 0 Å². The van der Waals surface area contributed by atoms with E-state index in [1.165, 1.54) is 65.3 Å². The van der Waals surface area contributed by atoms with Crippen molar-refractivity contribution in [3.05, 3.63) is 241 Å². The zero-order chi connectivity index (χ0) is 50.2. The summed E-state index contributed by atoms with van der Waals surface area (Å²) in [4.78, 5) is 10.6. The predicted molar refractivity (Wildman–Crippen MR) is 314 cm³/mol. The monoisotopic (exact) mass is 962 g/mol. The lowest BCUT2D eigenvalue weighted by Crippen LogP contribution is -2.16. The first-order chi connectivity index (χ1) is 36.8. The van der Waals surface area contributed by atoms with Crippen molar-refractivity contribution in [2.24, 2.45) is 0 Å². The molecule has 9 aromatic carbocycles. The Hall–Kier alpha value is -9.52. The molecule has 0 amide bonds. The van der Waals surface area contributed by atoms with E-state index in [0.717, 1.165) is 95.0 Å². The molecular formula is C69H50N6. The minimum absolute atomic E-state index is 0.863. The Morgan fingerprint density at radius 3 is 1.03 bits per heavy atom. The van der Waals surface area contributed by atoms with Crippen LogP contribution < -0.4 is 0 Å². The van der Waals surface area contributed by atoms with Gasteiger partial charge in [0.15, 0.2) is 0 Å². The molecule has 0 aliphatic heterocycles. The van der Waals surface area contributed by atoms with Gasteiger partial charge in [-0.3, -0.25) is 9.97 Å². The molecule has 0 saturated carbocycles. The van der Waals surface area contributed by atoms with Crippen molar-refractivity contribution in [3.8, 4) is 45.1 Å². The highest BCUT2D eigenvalue weighted by atomic mass is 15.1. The van der Waals surface area contributed by atoms with Gasteiger partial charge in [0.25, 0.3) is 0 Å². The summed E-state index contributed by atoms with van der Waals surface area (Å²) in [6, 6.07) is 74.5. The van der Waals surface area contributed by atoms with E-state index in [0.29, 0.717) is 0 Å². The van der Waals surface area contributed by atoms with Gasteiger partial charge < -0.3 is 18.3 Å². The highest BCUT2D eigenvalue weighted by Gasteiger charge is 2.36. The Morgan fingerprint density at radius 2 is 0.653 bits per heavy atom. The summed E-state index contributed by atoms with van der Waals surface area (Å²) in [5.74, 6) is 0. The lowest BCUT2D eigenvalue weighted by atomic mass is 9.90. The summed E-state index contributed by atoms with van der Waals surface area (Å²) in [7, 11) is 0. The van der Waals surface area contributed by atoms with Crippen molar-refractivity contribution in [1.82, 2.24) is 28.2 Å². The van der Waals surface area contributed by atoms with Crippen molar-refractivity contribution in [2.75, 3.05) is 0 Å². The minimum atomic E-state index is 0.863. The molecule has 0 saturated heterocycles. The maximum absolute atomic E-state index is 5.63. The average molecular weight is 963 g/mol. The standard InChI is InChI=1S/C69H50N6/c1-41-27-31-60-51(36-41)47-18-6-10-23-56(47)72(60)66-64(46-17-15-35-70-40-46)65(55-22-14-16-45(5)71-55)67(73-57-24-11-7-19-48(57)52-37-42(2)28-32-61(52)73)69(75-59-26-13-9-21-50(59)54-39-44(4)30-34-63(54)75)68(66)74-58-25-12-8-20-49(58)53-38-43(3)29-33-62(53)74/h6-40H,1-5H3. The number of fused-ring (bicyclic) bond motifs is 12. The van der Waals surface area contributed by atoms with Gasteiger partial charge in [0, 0.05) is 77.9 Å². The lowest BCUT2D eigenvalue weighted by molar-refractivity contribution is 1.02. The van der Waals surface area contributed by atoms with Crippen molar-refractivity contribution in [2.45, 2.75) is 34.6 Å². The van der Waals surface area contributed by atoms with E-state index in [1.807, 2.05) is 6.20 Å². The van der Waals surface area contributed by atoms with E-state index in [4.69, 9.17) is 9.97 Å². The molecule has 0 atom stereocenters. The molecule has 0 fully saturated rings. The number of hydrogen-bond acceptors (Lipinski definition) is 2. The number of hydrogen-bond donors (Lipinski definition) is 0. The van der Waals surface area contributed by atoms with Gasteiger partial charge in [-0.05, 0) is 126 Å². The van der Waals surface area contributed by atoms with Crippen LogP contribution in [-0.4, -0.2) is 28.2 Å². The van der Waals surface area contributed by atoms with Gasteiger partial charge in [0.1, 0.15) is 0 Å². The quantitative estimate of drug-likeness (QED) is 0.167. The first kappa shape index (κ1) is 43.1. The molecule has 6 heterocycles. The molecule has 6 nitrogen and oxygen atoms in total. The fraction of sp³-hybridized carbons (Fsp3) is 0.0725. The summed E-state index contributed by atoms with van der Waals surface area (Å²) in [6.07, 6.45) is 3.94. The van der Waals surface area contributed by atoms with Crippen LogP contribution in [0.1, 0.15) is 27.9 Å². The van der Waals surface area contributed by atoms with E-state index >= 15 is 0 Å². The second-order valence-corrected chi connectivity index (χ2v) is 20.5. The number of aryl methyl sites for hydroxylation is 5. The number of para-hydroxylation sites is 4. The van der Waals surface area contributed by atoms with Crippen LogP contribution in [0.4, 0.5) is 0 Å². The van der Waals surface area contributed by atoms with Gasteiger partial charge in [-0.25, -0.2) is 0 Å². The zero-order valence-electron chi connectivity index (χ0n) is 42.4. The molecule has 75 heavy (non-hydrogen) atoms. The molecule has 356 valence electrons. The Labute approximate surface area is 433 Å². The SMILES string of the molecule is Cc1ccc2c(c1)c1ccccc1n2-c1c(-c2cccnc2)c(-c2cccc(C)n2)c(-n2c3ccccc3c3cc(C)ccc32)c(-n2c3ccccc3c3cc(C)ccc32)c1-n1c2ccccc2c2cc(C)ccc21. The Morgan fingerprint density at radius 1 is 0.293 bits per heavy atom. The van der Waals surface area contributed by atoms with Gasteiger partial charge in [0.05, 0.1) is 72.6 Å². The molecule has 6 aromatic heterocycles. The fourth-order valence-corrected chi connectivity index (χ4v) is 12.6. The minimum Gasteiger partial charge on any atom is -0.306 e. The van der Waals surface area contributed by atoms with Gasteiger partial charge in [0.2, 0.25) is 0 Å². The van der Waals surface area contributed by atoms with Gasteiger partial charge >= 0.3 is 0 Å². The molecule has 0 spiro atoms. The molecule has 0 unspecified atom stereocenters. The van der Waals surface area contributed by atoms with Gasteiger partial charge in [-0.1, -0.05) is 131 Å². The molecule has 0 radical (unpaired) electrons. The third-order valence-electron chi connectivity index (χ3n) is 15.7. The molecule has 0 bridgehead atoms. The number of benzene rings is 9. The lowest BCUT2D eigenvalue weighted by Gasteiger charge is -2.31. The van der Waals surface area contributed by atoms with Gasteiger partial charge in [-0.2, -0.15) is 0 Å². The fourth-order valence-electron chi connectivity index (χ4n) is 12.6. The molecule has 0 N–H and O–H groups in total. The molecule has 15 aromatic rings. The number of pyridine rings is 2. The zero-order valence-corrected chi connectivity index (χ0v) is 42.4. The van der Waals surface area contributed by atoms with Crippen LogP contribution in [0.3, 0.4) is 0 Å². The Kier molecular flexibility index (Phi) is 9.33. The van der Waals surface area contributed by atoms with Crippen molar-refractivity contribution < 1.29 is 0 Å².